The van der Waals surface area contributed by atoms with E-state index in [-0.39, 0.29) is 5.91 Å². The number of amides is 1. The molecular weight excluding hydrogens is 378 g/mol. The number of aryl methyl sites for hydroxylation is 3. The third-order valence-corrected chi connectivity index (χ3v) is 4.74. The maximum Gasteiger partial charge on any atom is 0.255 e. The molecule has 0 aliphatic rings. The fourth-order valence-corrected chi connectivity index (χ4v) is 3.32. The predicted octanol–water partition coefficient (Wildman–Crippen LogP) is 5.46. The average molecular weight is 405 g/mol. The summed E-state index contributed by atoms with van der Waals surface area (Å²) < 4.78 is 16.8. The highest BCUT2D eigenvalue weighted by Crippen LogP contribution is 2.27. The highest BCUT2D eigenvalue weighted by molar-refractivity contribution is 6.05. The van der Waals surface area contributed by atoms with E-state index in [1.165, 1.54) is 0 Å². The van der Waals surface area contributed by atoms with E-state index in [1.807, 2.05) is 51.1 Å². The fraction of sp³-hybridized carbons (Fsp3) is 0.240. The third-order valence-electron chi connectivity index (χ3n) is 4.74. The standard InChI is InChI=1S/C25H27NO4/c1-16-6-8-24(29-5)22(13-16)26-25(27)19-7-9-23(28-4)20(14-19)15-30-21-11-17(2)10-18(3)12-21/h6-14H,15H2,1-5H3,(H,26,27). The average Bonchev–Trinajstić information content (AvgIpc) is 2.71. The van der Waals surface area contributed by atoms with Crippen molar-refractivity contribution in [2.75, 3.05) is 19.5 Å². The van der Waals surface area contributed by atoms with Crippen LogP contribution in [-0.4, -0.2) is 20.1 Å². The number of anilines is 1. The van der Waals surface area contributed by atoms with Gasteiger partial charge in [0.25, 0.3) is 5.91 Å². The van der Waals surface area contributed by atoms with E-state index in [0.29, 0.717) is 29.4 Å². The molecule has 0 bridgehead atoms. The number of benzene rings is 3. The minimum Gasteiger partial charge on any atom is -0.496 e. The van der Waals surface area contributed by atoms with Gasteiger partial charge in [0.2, 0.25) is 0 Å². The molecule has 5 nitrogen and oxygen atoms in total. The molecular formula is C25H27NO4. The molecule has 156 valence electrons. The predicted molar refractivity (Wildman–Crippen MR) is 119 cm³/mol. The van der Waals surface area contributed by atoms with E-state index in [4.69, 9.17) is 14.2 Å². The largest absolute Gasteiger partial charge is 0.496 e. The maximum absolute atomic E-state index is 12.9. The van der Waals surface area contributed by atoms with Gasteiger partial charge in [-0.05, 0) is 79.9 Å². The number of hydrogen-bond acceptors (Lipinski definition) is 4. The van der Waals surface area contributed by atoms with Crippen molar-refractivity contribution in [3.8, 4) is 17.2 Å². The third kappa shape index (κ3) is 5.11. The lowest BCUT2D eigenvalue weighted by Crippen LogP contribution is -2.13. The number of carbonyl (C=O) groups is 1. The Labute approximate surface area is 177 Å². The highest BCUT2D eigenvalue weighted by atomic mass is 16.5. The van der Waals surface area contributed by atoms with Gasteiger partial charge in [-0.25, -0.2) is 0 Å². The van der Waals surface area contributed by atoms with Crippen LogP contribution in [0, 0.1) is 20.8 Å². The smallest absolute Gasteiger partial charge is 0.255 e. The molecule has 0 aliphatic carbocycles. The molecule has 0 fully saturated rings. The van der Waals surface area contributed by atoms with Crippen LogP contribution in [0.25, 0.3) is 0 Å². The van der Waals surface area contributed by atoms with Crippen molar-refractivity contribution in [2.45, 2.75) is 27.4 Å². The quantitative estimate of drug-likeness (QED) is 0.567. The van der Waals surface area contributed by atoms with Crippen LogP contribution in [0.2, 0.25) is 0 Å². The summed E-state index contributed by atoms with van der Waals surface area (Å²) in [4.78, 5) is 12.9. The van der Waals surface area contributed by atoms with Crippen LogP contribution in [0.1, 0.15) is 32.6 Å². The molecule has 1 amide bonds. The van der Waals surface area contributed by atoms with Crippen molar-refractivity contribution in [1.82, 2.24) is 0 Å². The highest BCUT2D eigenvalue weighted by Gasteiger charge is 2.14. The lowest BCUT2D eigenvalue weighted by Gasteiger charge is -2.14. The zero-order valence-corrected chi connectivity index (χ0v) is 18.0. The maximum atomic E-state index is 12.9. The summed E-state index contributed by atoms with van der Waals surface area (Å²) in [6, 6.07) is 17.0. The molecule has 0 radical (unpaired) electrons. The van der Waals surface area contributed by atoms with E-state index < -0.39 is 0 Å². The van der Waals surface area contributed by atoms with Crippen LogP contribution in [0.15, 0.2) is 54.6 Å². The van der Waals surface area contributed by atoms with Gasteiger partial charge in [-0.15, -0.1) is 0 Å². The Morgan fingerprint density at radius 2 is 1.47 bits per heavy atom. The second-order valence-electron chi connectivity index (χ2n) is 7.30. The fourth-order valence-electron chi connectivity index (χ4n) is 3.32. The Morgan fingerprint density at radius 1 is 0.800 bits per heavy atom. The number of ether oxygens (including phenoxy) is 3. The molecule has 0 atom stereocenters. The van der Waals surface area contributed by atoms with Crippen LogP contribution >= 0.6 is 0 Å². The van der Waals surface area contributed by atoms with Crippen molar-refractivity contribution in [3.63, 3.8) is 0 Å². The molecule has 1 N–H and O–H groups in total. The van der Waals surface area contributed by atoms with Crippen LogP contribution in [0.4, 0.5) is 5.69 Å². The van der Waals surface area contributed by atoms with Gasteiger partial charge in [0.05, 0.1) is 19.9 Å². The second kappa shape index (κ2) is 9.35. The van der Waals surface area contributed by atoms with E-state index >= 15 is 0 Å². The Balaban J connectivity index is 1.81. The van der Waals surface area contributed by atoms with Crippen LogP contribution in [-0.2, 0) is 6.61 Å². The van der Waals surface area contributed by atoms with E-state index in [9.17, 15) is 4.79 Å². The summed E-state index contributed by atoms with van der Waals surface area (Å²) in [5.41, 5.74) is 5.24. The molecule has 3 aromatic rings. The van der Waals surface area contributed by atoms with Gasteiger partial charge >= 0.3 is 0 Å². The Hall–Kier alpha value is -3.47. The minimum atomic E-state index is -0.228. The molecule has 0 aromatic heterocycles. The molecule has 0 saturated carbocycles. The molecule has 0 heterocycles. The topological polar surface area (TPSA) is 56.8 Å². The Kier molecular flexibility index (Phi) is 6.62. The number of nitrogens with one attached hydrogen (secondary N) is 1. The second-order valence-corrected chi connectivity index (χ2v) is 7.30. The summed E-state index contributed by atoms with van der Waals surface area (Å²) in [7, 11) is 3.18. The van der Waals surface area contributed by atoms with Gasteiger partial charge < -0.3 is 19.5 Å². The van der Waals surface area contributed by atoms with E-state index in [2.05, 4.69) is 11.4 Å². The number of methoxy groups -OCH3 is 2. The molecule has 0 aliphatic heterocycles. The van der Waals surface area contributed by atoms with Crippen molar-refractivity contribution >= 4 is 11.6 Å². The van der Waals surface area contributed by atoms with E-state index in [1.54, 1.807) is 32.4 Å². The van der Waals surface area contributed by atoms with Crippen LogP contribution in [0.5, 0.6) is 17.2 Å². The number of hydrogen-bond donors (Lipinski definition) is 1. The molecule has 0 saturated heterocycles. The van der Waals surface area contributed by atoms with Crippen molar-refractivity contribution in [1.29, 1.82) is 0 Å². The summed E-state index contributed by atoms with van der Waals surface area (Å²) in [6.45, 7) is 6.32. The molecule has 0 spiro atoms. The Bertz CT molecular complexity index is 1040. The SMILES string of the molecule is COc1ccc(C(=O)Nc2cc(C)ccc2OC)cc1COc1cc(C)cc(C)c1. The first-order valence-electron chi connectivity index (χ1n) is 9.73. The molecule has 3 rings (SSSR count). The van der Waals surface area contributed by atoms with Gasteiger partial charge in [0.1, 0.15) is 23.9 Å². The lowest BCUT2D eigenvalue weighted by molar-refractivity contribution is 0.102. The molecule has 0 unspecified atom stereocenters. The van der Waals surface area contributed by atoms with Gasteiger partial charge in [0.15, 0.2) is 0 Å². The molecule has 30 heavy (non-hydrogen) atoms. The Morgan fingerprint density at radius 3 is 2.13 bits per heavy atom. The first-order valence-corrected chi connectivity index (χ1v) is 9.73. The van der Waals surface area contributed by atoms with Gasteiger partial charge in [-0.1, -0.05) is 12.1 Å². The van der Waals surface area contributed by atoms with Gasteiger partial charge in [-0.2, -0.15) is 0 Å². The summed E-state index contributed by atoms with van der Waals surface area (Å²) in [5.74, 6) is 1.84. The van der Waals surface area contributed by atoms with Crippen molar-refractivity contribution < 1.29 is 19.0 Å². The monoisotopic (exact) mass is 405 g/mol. The van der Waals surface area contributed by atoms with Gasteiger partial charge in [0, 0.05) is 11.1 Å². The minimum absolute atomic E-state index is 0.228. The van der Waals surface area contributed by atoms with Crippen molar-refractivity contribution in [3.05, 3.63) is 82.4 Å². The summed E-state index contributed by atoms with van der Waals surface area (Å²) >= 11 is 0. The number of rotatable bonds is 7. The van der Waals surface area contributed by atoms with Crippen LogP contribution in [0.3, 0.4) is 0 Å². The van der Waals surface area contributed by atoms with E-state index in [0.717, 1.165) is 28.0 Å². The first kappa shape index (κ1) is 21.2. The zero-order valence-electron chi connectivity index (χ0n) is 18.0. The first-order chi connectivity index (χ1) is 14.4. The van der Waals surface area contributed by atoms with Gasteiger partial charge in [-0.3, -0.25) is 4.79 Å². The summed E-state index contributed by atoms with van der Waals surface area (Å²) in [6.07, 6.45) is 0. The molecule has 3 aromatic carbocycles. The number of carbonyl (C=O) groups excluding carboxylic acids is 1. The lowest BCUT2D eigenvalue weighted by atomic mass is 10.1. The zero-order chi connectivity index (χ0) is 21.7. The van der Waals surface area contributed by atoms with Crippen molar-refractivity contribution in [2.24, 2.45) is 0 Å². The summed E-state index contributed by atoms with van der Waals surface area (Å²) in [5, 5.41) is 2.93. The van der Waals surface area contributed by atoms with Crippen LogP contribution < -0.4 is 19.5 Å². The normalized spacial score (nSPS) is 10.4. The molecule has 5 heteroatoms.